The van der Waals surface area contributed by atoms with E-state index < -0.39 is 11.2 Å². The van der Waals surface area contributed by atoms with E-state index in [-0.39, 0.29) is 0 Å². The molecule has 0 unspecified atom stereocenters. The van der Waals surface area contributed by atoms with Crippen LogP contribution in [0.4, 0.5) is 0 Å². The fourth-order valence-electron chi connectivity index (χ4n) is 3.53. The van der Waals surface area contributed by atoms with Crippen molar-refractivity contribution in [2.45, 2.75) is 106 Å². The Hall–Kier alpha value is -3.20. The lowest BCUT2D eigenvalue weighted by Crippen LogP contribution is -2.17. The average molecular weight is 571 g/mol. The van der Waals surface area contributed by atoms with E-state index in [2.05, 4.69) is 139 Å². The lowest BCUT2D eigenvalue weighted by atomic mass is 9.99. The Morgan fingerprint density at radius 3 is 1.21 bits per heavy atom. The molecule has 0 aromatic heterocycles. The van der Waals surface area contributed by atoms with Gasteiger partial charge in [0, 0.05) is 0 Å². The molecule has 0 rings (SSSR count). The molecule has 230 valence electrons. The molecule has 0 amide bonds. The van der Waals surface area contributed by atoms with Gasteiger partial charge in [0.15, 0.2) is 0 Å². The molecule has 0 atom stereocenters. The largest absolute Gasteiger partial charge is 0.390 e. The van der Waals surface area contributed by atoms with E-state index in [9.17, 15) is 10.2 Å². The highest BCUT2D eigenvalue weighted by molar-refractivity contribution is 5.33. The van der Waals surface area contributed by atoms with Gasteiger partial charge in [-0.05, 0) is 94.9 Å². The molecule has 0 aliphatic heterocycles. The second-order valence-corrected chi connectivity index (χ2v) is 12.5. The summed E-state index contributed by atoms with van der Waals surface area (Å²) in [5, 5.41) is 19.6. The standard InChI is InChI=1S/C40H58O2/c1-33(21-13-23-35(3)25-15-27-37(5)29-17-31-39(7,8)41)19-11-12-20-34(2)22-14-24-36(4)26-16-28-38(6)30-18-32-40(9,10)42/h11-17,19-29,41-42H,18,30-32H2,1-10H3. The Morgan fingerprint density at radius 2 is 0.833 bits per heavy atom. The highest BCUT2D eigenvalue weighted by Gasteiger charge is 2.11. The summed E-state index contributed by atoms with van der Waals surface area (Å²) in [6.07, 6.45) is 41.0. The molecule has 0 saturated carbocycles. The number of aliphatic hydroxyl groups is 2. The Bertz CT molecular complexity index is 1160. The summed E-state index contributed by atoms with van der Waals surface area (Å²) < 4.78 is 0. The minimum atomic E-state index is -0.665. The quantitative estimate of drug-likeness (QED) is 0.171. The number of hydrogen-bond donors (Lipinski definition) is 2. The molecular weight excluding hydrogens is 512 g/mol. The zero-order valence-electron chi connectivity index (χ0n) is 28.1. The van der Waals surface area contributed by atoms with E-state index in [1.165, 1.54) is 27.9 Å². The van der Waals surface area contributed by atoms with E-state index in [1.54, 1.807) is 0 Å². The Labute approximate surface area is 258 Å². The normalized spacial score (nSPS) is 16.3. The van der Waals surface area contributed by atoms with E-state index in [0.29, 0.717) is 6.42 Å². The predicted octanol–water partition coefficient (Wildman–Crippen LogP) is 11.1. The summed E-state index contributed by atoms with van der Waals surface area (Å²) >= 11 is 0. The van der Waals surface area contributed by atoms with Gasteiger partial charge in [0.25, 0.3) is 0 Å². The van der Waals surface area contributed by atoms with Crippen LogP contribution < -0.4 is 0 Å². The minimum Gasteiger partial charge on any atom is -0.390 e. The van der Waals surface area contributed by atoms with Gasteiger partial charge in [-0.3, -0.25) is 0 Å². The van der Waals surface area contributed by atoms with Gasteiger partial charge in [0.05, 0.1) is 11.2 Å². The molecule has 0 aliphatic carbocycles. The summed E-state index contributed by atoms with van der Waals surface area (Å²) in [5.74, 6) is 0. The maximum absolute atomic E-state index is 9.82. The van der Waals surface area contributed by atoms with E-state index in [0.717, 1.165) is 24.8 Å². The fourth-order valence-corrected chi connectivity index (χ4v) is 3.53. The van der Waals surface area contributed by atoms with E-state index in [4.69, 9.17) is 0 Å². The summed E-state index contributed by atoms with van der Waals surface area (Å²) in [6.45, 7) is 19.9. The second kappa shape index (κ2) is 21.5. The van der Waals surface area contributed by atoms with Crippen molar-refractivity contribution in [2.75, 3.05) is 0 Å². The van der Waals surface area contributed by atoms with E-state index in [1.807, 2.05) is 39.8 Å². The predicted molar refractivity (Wildman–Crippen MR) is 188 cm³/mol. The van der Waals surface area contributed by atoms with Crippen LogP contribution >= 0.6 is 0 Å². The van der Waals surface area contributed by atoms with Gasteiger partial charge in [-0.1, -0.05) is 143 Å². The minimum absolute atomic E-state index is 0.580. The lowest BCUT2D eigenvalue weighted by Gasteiger charge is -2.16. The second-order valence-electron chi connectivity index (χ2n) is 12.5. The monoisotopic (exact) mass is 570 g/mol. The van der Waals surface area contributed by atoms with Crippen LogP contribution in [0.25, 0.3) is 0 Å². The SMILES string of the molecule is CC(C=CC=C(C)C=CC=C(C)C=CCC(C)(C)O)=CC=CC=C(C)C=CC=C(C)C=CC=C(C)CCCC(C)(C)O. The highest BCUT2D eigenvalue weighted by atomic mass is 16.3. The molecule has 0 aliphatic rings. The van der Waals surface area contributed by atoms with Crippen LogP contribution in [0, 0.1) is 0 Å². The summed E-state index contributed by atoms with van der Waals surface area (Å²) in [7, 11) is 0. The van der Waals surface area contributed by atoms with E-state index >= 15 is 0 Å². The van der Waals surface area contributed by atoms with Gasteiger partial charge in [-0.25, -0.2) is 0 Å². The molecule has 42 heavy (non-hydrogen) atoms. The Kier molecular flexibility index (Phi) is 19.9. The molecule has 2 heteroatoms. The van der Waals surface area contributed by atoms with Gasteiger partial charge in [-0.2, -0.15) is 0 Å². The Morgan fingerprint density at radius 1 is 0.476 bits per heavy atom. The smallest absolute Gasteiger partial charge is 0.0626 e. The third-order valence-electron chi connectivity index (χ3n) is 6.08. The molecule has 0 aromatic rings. The summed E-state index contributed by atoms with van der Waals surface area (Å²) in [4.78, 5) is 0. The zero-order valence-corrected chi connectivity index (χ0v) is 28.1. The van der Waals surface area contributed by atoms with Crippen molar-refractivity contribution in [3.63, 3.8) is 0 Å². The molecule has 0 saturated heterocycles. The molecule has 2 nitrogen and oxygen atoms in total. The number of rotatable bonds is 17. The maximum Gasteiger partial charge on any atom is 0.0626 e. The van der Waals surface area contributed by atoms with Crippen molar-refractivity contribution in [1.82, 2.24) is 0 Å². The van der Waals surface area contributed by atoms with Crippen molar-refractivity contribution in [1.29, 1.82) is 0 Å². The summed E-state index contributed by atoms with van der Waals surface area (Å²) in [6, 6.07) is 0. The van der Waals surface area contributed by atoms with Gasteiger partial charge in [0.2, 0.25) is 0 Å². The van der Waals surface area contributed by atoms with Gasteiger partial charge < -0.3 is 10.2 Å². The third-order valence-corrected chi connectivity index (χ3v) is 6.08. The summed E-state index contributed by atoms with van der Waals surface area (Å²) in [5.41, 5.74) is 5.97. The third kappa shape index (κ3) is 27.0. The van der Waals surface area contributed by atoms with Crippen LogP contribution in [0.5, 0.6) is 0 Å². The van der Waals surface area contributed by atoms with Gasteiger partial charge in [-0.15, -0.1) is 0 Å². The molecule has 0 radical (unpaired) electrons. The topological polar surface area (TPSA) is 40.5 Å². The van der Waals surface area contributed by atoms with Crippen molar-refractivity contribution in [3.8, 4) is 0 Å². The first kappa shape index (κ1) is 38.8. The molecule has 0 bridgehead atoms. The fraction of sp³-hybridized carbons (Fsp3) is 0.400. The molecule has 0 fully saturated rings. The Balaban J connectivity index is 4.73. The van der Waals surface area contributed by atoms with Gasteiger partial charge >= 0.3 is 0 Å². The number of allylic oxidation sites excluding steroid dienone is 23. The molecule has 0 aromatic carbocycles. The lowest BCUT2D eigenvalue weighted by molar-refractivity contribution is 0.0689. The van der Waals surface area contributed by atoms with Crippen LogP contribution in [0.3, 0.4) is 0 Å². The number of hydrogen-bond acceptors (Lipinski definition) is 2. The van der Waals surface area contributed by atoms with Crippen LogP contribution in [-0.2, 0) is 0 Å². The average Bonchev–Trinajstić information content (AvgIpc) is 2.85. The molecule has 2 N–H and O–H groups in total. The molecule has 0 heterocycles. The van der Waals surface area contributed by atoms with Crippen LogP contribution in [0.2, 0.25) is 0 Å². The zero-order chi connectivity index (χ0) is 32.0. The molecule has 0 spiro atoms. The maximum atomic E-state index is 9.82. The van der Waals surface area contributed by atoms with Crippen LogP contribution in [0.1, 0.15) is 94.9 Å². The first-order chi connectivity index (χ1) is 19.6. The highest BCUT2D eigenvalue weighted by Crippen LogP contribution is 2.15. The first-order valence-corrected chi connectivity index (χ1v) is 15.1. The van der Waals surface area contributed by atoms with Crippen LogP contribution in [-0.4, -0.2) is 21.4 Å². The van der Waals surface area contributed by atoms with Crippen LogP contribution in [0.15, 0.2) is 143 Å². The molecular formula is C40H58O2. The van der Waals surface area contributed by atoms with Crippen molar-refractivity contribution >= 4 is 0 Å². The van der Waals surface area contributed by atoms with Crippen molar-refractivity contribution in [3.05, 3.63) is 143 Å². The van der Waals surface area contributed by atoms with Gasteiger partial charge in [0.1, 0.15) is 0 Å². The first-order valence-electron chi connectivity index (χ1n) is 15.1. The van der Waals surface area contributed by atoms with Crippen molar-refractivity contribution < 1.29 is 10.2 Å². The van der Waals surface area contributed by atoms with Crippen molar-refractivity contribution in [2.24, 2.45) is 0 Å².